The highest BCUT2D eigenvalue weighted by molar-refractivity contribution is 5.91. The fourth-order valence-corrected chi connectivity index (χ4v) is 1.90. The van der Waals surface area contributed by atoms with E-state index in [4.69, 9.17) is 9.84 Å². The number of hydrogen-bond donors (Lipinski definition) is 3. The molecule has 21 heavy (non-hydrogen) atoms. The summed E-state index contributed by atoms with van der Waals surface area (Å²) in [7, 11) is 0. The third-order valence-electron chi connectivity index (χ3n) is 2.83. The summed E-state index contributed by atoms with van der Waals surface area (Å²) in [6.45, 7) is 7.14. The Kier molecular flexibility index (Phi) is 6.67. The Balaban J connectivity index is 2.44. The molecule has 0 bridgehead atoms. The van der Waals surface area contributed by atoms with Crippen molar-refractivity contribution in [1.82, 2.24) is 15.5 Å². The number of urea groups is 1. The van der Waals surface area contributed by atoms with E-state index in [1.165, 1.54) is 4.90 Å². The summed E-state index contributed by atoms with van der Waals surface area (Å²) in [6, 6.07) is -1.44. The van der Waals surface area contributed by atoms with E-state index in [0.29, 0.717) is 19.8 Å². The molecule has 0 aliphatic carbocycles. The van der Waals surface area contributed by atoms with Crippen LogP contribution in [0.2, 0.25) is 0 Å². The van der Waals surface area contributed by atoms with Gasteiger partial charge in [0.05, 0.1) is 19.6 Å². The summed E-state index contributed by atoms with van der Waals surface area (Å²) in [5, 5.41) is 14.0. The van der Waals surface area contributed by atoms with E-state index in [0.717, 1.165) is 5.57 Å². The Morgan fingerprint density at radius 2 is 2.29 bits per heavy atom. The van der Waals surface area contributed by atoms with E-state index < -0.39 is 30.4 Å². The van der Waals surface area contributed by atoms with Crippen LogP contribution < -0.4 is 10.6 Å². The summed E-state index contributed by atoms with van der Waals surface area (Å²) in [4.78, 5) is 35.7. The Bertz CT molecular complexity index is 424. The average Bonchev–Trinajstić information content (AvgIpc) is 2.39. The van der Waals surface area contributed by atoms with Gasteiger partial charge in [0.25, 0.3) is 0 Å². The molecule has 8 nitrogen and oxygen atoms in total. The van der Waals surface area contributed by atoms with E-state index in [-0.39, 0.29) is 13.1 Å². The van der Waals surface area contributed by atoms with Crippen LogP contribution in [0.5, 0.6) is 0 Å². The minimum atomic E-state index is -1.13. The zero-order chi connectivity index (χ0) is 15.8. The standard InChI is InChI=1S/C13H21N3O5/c1-9(2)8-21-6-4-15-13(20)16-5-3-14-12(19)10(16)7-11(17)18/h10H,1,3-8H2,2H3,(H,14,19)(H,15,20)(H,17,18). The lowest BCUT2D eigenvalue weighted by molar-refractivity contribution is -0.142. The molecule has 1 aliphatic rings. The number of nitrogens with one attached hydrogen (secondary N) is 2. The van der Waals surface area contributed by atoms with Crippen molar-refractivity contribution in [2.24, 2.45) is 0 Å². The minimum absolute atomic E-state index is 0.280. The lowest BCUT2D eigenvalue weighted by Gasteiger charge is -2.34. The van der Waals surface area contributed by atoms with Gasteiger partial charge in [0.2, 0.25) is 5.91 Å². The molecule has 0 aromatic carbocycles. The molecule has 1 aliphatic heterocycles. The number of hydrogen-bond acceptors (Lipinski definition) is 4. The predicted molar refractivity (Wildman–Crippen MR) is 74.8 cm³/mol. The monoisotopic (exact) mass is 299 g/mol. The first-order valence-corrected chi connectivity index (χ1v) is 6.68. The predicted octanol–water partition coefficient (Wildman–Crippen LogP) is -0.436. The van der Waals surface area contributed by atoms with Gasteiger partial charge in [-0.05, 0) is 6.92 Å². The fraction of sp³-hybridized carbons (Fsp3) is 0.615. The van der Waals surface area contributed by atoms with Gasteiger partial charge in [0.1, 0.15) is 6.04 Å². The van der Waals surface area contributed by atoms with E-state index in [1.807, 2.05) is 6.92 Å². The van der Waals surface area contributed by atoms with Crippen molar-refractivity contribution in [3.8, 4) is 0 Å². The minimum Gasteiger partial charge on any atom is -0.481 e. The highest BCUT2D eigenvalue weighted by atomic mass is 16.5. The van der Waals surface area contributed by atoms with Gasteiger partial charge in [-0.25, -0.2) is 4.79 Å². The van der Waals surface area contributed by atoms with Crippen molar-refractivity contribution < 1.29 is 24.2 Å². The van der Waals surface area contributed by atoms with Crippen molar-refractivity contribution in [1.29, 1.82) is 0 Å². The molecule has 0 radical (unpaired) electrons. The number of carboxylic acids is 1. The highest BCUT2D eigenvalue weighted by Gasteiger charge is 2.34. The van der Waals surface area contributed by atoms with E-state index in [1.54, 1.807) is 0 Å². The van der Waals surface area contributed by atoms with Gasteiger partial charge in [-0.1, -0.05) is 12.2 Å². The lowest BCUT2D eigenvalue weighted by atomic mass is 10.1. The molecule has 3 N–H and O–H groups in total. The molecule has 0 saturated carbocycles. The number of carbonyl (C=O) groups is 3. The second-order valence-electron chi connectivity index (χ2n) is 4.84. The quantitative estimate of drug-likeness (QED) is 0.436. The number of ether oxygens (including phenoxy) is 1. The van der Waals surface area contributed by atoms with Crippen LogP contribution in [0.4, 0.5) is 4.79 Å². The zero-order valence-electron chi connectivity index (χ0n) is 12.1. The van der Waals surface area contributed by atoms with E-state index in [9.17, 15) is 14.4 Å². The molecule has 1 saturated heterocycles. The third-order valence-corrected chi connectivity index (χ3v) is 2.83. The van der Waals surface area contributed by atoms with Crippen LogP contribution in [0.15, 0.2) is 12.2 Å². The summed E-state index contributed by atoms with van der Waals surface area (Å²) in [5.74, 6) is -1.57. The van der Waals surface area contributed by atoms with Gasteiger partial charge in [-0.2, -0.15) is 0 Å². The maximum Gasteiger partial charge on any atom is 0.318 e. The smallest absolute Gasteiger partial charge is 0.318 e. The first-order valence-electron chi connectivity index (χ1n) is 6.68. The van der Waals surface area contributed by atoms with Crippen LogP contribution in [0.1, 0.15) is 13.3 Å². The molecular formula is C13H21N3O5. The Labute approximate surface area is 123 Å². The lowest BCUT2D eigenvalue weighted by Crippen LogP contribution is -2.60. The Hall–Kier alpha value is -2.09. The summed E-state index contributed by atoms with van der Waals surface area (Å²) < 4.78 is 5.24. The molecule has 0 aromatic heterocycles. The molecule has 0 spiro atoms. The molecule has 1 atom stereocenters. The maximum absolute atomic E-state index is 12.0. The number of carboxylic acid groups (broad SMARTS) is 1. The van der Waals surface area contributed by atoms with Crippen molar-refractivity contribution in [2.75, 3.05) is 32.8 Å². The topological polar surface area (TPSA) is 108 Å². The fourth-order valence-electron chi connectivity index (χ4n) is 1.90. The molecule has 1 heterocycles. The number of piperazine rings is 1. The summed E-state index contributed by atoms with van der Waals surface area (Å²) in [5.41, 5.74) is 0.885. The van der Waals surface area contributed by atoms with Gasteiger partial charge in [0, 0.05) is 19.6 Å². The van der Waals surface area contributed by atoms with Gasteiger partial charge in [-0.15, -0.1) is 0 Å². The van der Waals surface area contributed by atoms with Crippen LogP contribution in [0.25, 0.3) is 0 Å². The molecule has 3 amide bonds. The number of carbonyl (C=O) groups excluding carboxylic acids is 2. The number of rotatable bonds is 7. The number of nitrogens with zero attached hydrogens (tertiary/aromatic N) is 1. The normalized spacial score (nSPS) is 18.0. The average molecular weight is 299 g/mol. The Morgan fingerprint density at radius 3 is 2.90 bits per heavy atom. The molecule has 1 rings (SSSR count). The van der Waals surface area contributed by atoms with Crippen molar-refractivity contribution in [2.45, 2.75) is 19.4 Å². The van der Waals surface area contributed by atoms with E-state index in [2.05, 4.69) is 17.2 Å². The van der Waals surface area contributed by atoms with Crippen LogP contribution in [0.3, 0.4) is 0 Å². The van der Waals surface area contributed by atoms with Crippen LogP contribution in [0, 0.1) is 0 Å². The first-order chi connectivity index (χ1) is 9.91. The molecule has 1 fully saturated rings. The SMILES string of the molecule is C=C(C)COCCNC(=O)N1CCNC(=O)C1CC(=O)O. The maximum atomic E-state index is 12.0. The first kappa shape index (κ1) is 17.0. The van der Waals surface area contributed by atoms with Crippen molar-refractivity contribution >= 4 is 17.9 Å². The summed E-state index contributed by atoms with van der Waals surface area (Å²) in [6.07, 6.45) is -0.411. The van der Waals surface area contributed by atoms with Crippen LogP contribution >= 0.6 is 0 Å². The van der Waals surface area contributed by atoms with Crippen LogP contribution in [-0.4, -0.2) is 66.8 Å². The second-order valence-corrected chi connectivity index (χ2v) is 4.84. The third kappa shape index (κ3) is 5.82. The van der Waals surface area contributed by atoms with E-state index >= 15 is 0 Å². The molecule has 0 aromatic rings. The van der Waals surface area contributed by atoms with Gasteiger partial charge in [-0.3, -0.25) is 9.59 Å². The van der Waals surface area contributed by atoms with Crippen molar-refractivity contribution in [3.63, 3.8) is 0 Å². The van der Waals surface area contributed by atoms with Gasteiger partial charge in [0.15, 0.2) is 0 Å². The number of amides is 3. The molecular weight excluding hydrogens is 278 g/mol. The van der Waals surface area contributed by atoms with Crippen molar-refractivity contribution in [3.05, 3.63) is 12.2 Å². The van der Waals surface area contributed by atoms with Gasteiger partial charge >= 0.3 is 12.0 Å². The van der Waals surface area contributed by atoms with Gasteiger partial charge < -0.3 is 25.4 Å². The molecule has 8 heteroatoms. The number of aliphatic carboxylic acids is 1. The summed E-state index contributed by atoms with van der Waals surface area (Å²) >= 11 is 0. The molecule has 118 valence electrons. The second kappa shape index (κ2) is 8.25. The Morgan fingerprint density at radius 1 is 1.57 bits per heavy atom. The largest absolute Gasteiger partial charge is 0.481 e. The zero-order valence-corrected chi connectivity index (χ0v) is 12.1. The molecule has 1 unspecified atom stereocenters. The highest BCUT2D eigenvalue weighted by Crippen LogP contribution is 2.09. The van der Waals surface area contributed by atoms with Crippen LogP contribution in [-0.2, 0) is 14.3 Å².